The van der Waals surface area contributed by atoms with Gasteiger partial charge >= 0.3 is 0 Å². The fourth-order valence-electron chi connectivity index (χ4n) is 2.76. The average molecular weight is 248 g/mol. The number of aromatic nitrogens is 3. The highest BCUT2D eigenvalue weighted by Gasteiger charge is 2.21. The van der Waals surface area contributed by atoms with Crippen molar-refractivity contribution in [3.05, 3.63) is 23.8 Å². The molecule has 18 heavy (non-hydrogen) atoms. The highest BCUT2D eigenvalue weighted by molar-refractivity contribution is 5.09. The monoisotopic (exact) mass is 248 g/mol. The van der Waals surface area contributed by atoms with Gasteiger partial charge in [-0.1, -0.05) is 18.6 Å². The molecule has 100 valence electrons. The highest BCUT2D eigenvalue weighted by atomic mass is 15.3. The zero-order valence-corrected chi connectivity index (χ0v) is 11.7. The number of nitrogens with zero attached hydrogens (tertiary/aromatic N) is 3. The van der Waals surface area contributed by atoms with Gasteiger partial charge in [-0.2, -0.15) is 0 Å². The molecule has 0 saturated heterocycles. The van der Waals surface area contributed by atoms with Gasteiger partial charge in [0.2, 0.25) is 0 Å². The second kappa shape index (κ2) is 6.14. The molecular weight excluding hydrogens is 224 g/mol. The number of hydrogen-bond acceptors (Lipinski definition) is 3. The predicted molar refractivity (Wildman–Crippen MR) is 73.0 cm³/mol. The lowest BCUT2D eigenvalue weighted by Gasteiger charge is -2.28. The topological polar surface area (TPSA) is 42.7 Å². The van der Waals surface area contributed by atoms with E-state index in [4.69, 9.17) is 0 Å². The van der Waals surface area contributed by atoms with Gasteiger partial charge in [-0.25, -0.2) is 0 Å². The molecule has 0 aliphatic heterocycles. The second-order valence-electron chi connectivity index (χ2n) is 5.27. The molecule has 4 nitrogen and oxygen atoms in total. The minimum Gasteiger partial charge on any atom is -0.317 e. The van der Waals surface area contributed by atoms with Crippen LogP contribution in [0.15, 0.2) is 18.0 Å². The SMILES string of the molecule is CCn1cnnc1CNC[C@@H]1C(C)=CCC[C@H]1C. The number of allylic oxidation sites excluding steroid dienone is 1. The number of hydrogen-bond donors (Lipinski definition) is 1. The quantitative estimate of drug-likeness (QED) is 0.814. The van der Waals surface area contributed by atoms with Gasteiger partial charge in [-0.05, 0) is 38.5 Å². The van der Waals surface area contributed by atoms with E-state index in [0.717, 1.165) is 31.4 Å². The number of nitrogens with one attached hydrogen (secondary N) is 1. The molecule has 2 rings (SSSR count). The van der Waals surface area contributed by atoms with Crippen molar-refractivity contribution >= 4 is 0 Å². The summed E-state index contributed by atoms with van der Waals surface area (Å²) in [5.74, 6) is 2.49. The standard InChI is InChI=1S/C14H24N4/c1-4-18-10-16-17-14(18)9-15-8-13-11(2)6-5-7-12(13)3/h6,10,12-13,15H,4-5,7-9H2,1-3H3/t12-,13-/m1/s1. The van der Waals surface area contributed by atoms with E-state index in [9.17, 15) is 0 Å². The zero-order valence-electron chi connectivity index (χ0n) is 11.7. The van der Waals surface area contributed by atoms with Crippen molar-refractivity contribution in [3.63, 3.8) is 0 Å². The average Bonchev–Trinajstić information content (AvgIpc) is 2.80. The summed E-state index contributed by atoms with van der Waals surface area (Å²) in [7, 11) is 0. The molecule has 0 aromatic carbocycles. The van der Waals surface area contributed by atoms with Crippen molar-refractivity contribution in [1.29, 1.82) is 0 Å². The molecule has 0 fully saturated rings. The predicted octanol–water partition coefficient (Wildman–Crippen LogP) is 2.38. The molecule has 0 spiro atoms. The van der Waals surface area contributed by atoms with E-state index < -0.39 is 0 Å². The Balaban J connectivity index is 1.85. The molecule has 0 bridgehead atoms. The van der Waals surface area contributed by atoms with Gasteiger partial charge in [0.05, 0.1) is 6.54 Å². The van der Waals surface area contributed by atoms with Crippen LogP contribution in [0, 0.1) is 11.8 Å². The van der Waals surface area contributed by atoms with Crippen LogP contribution in [-0.2, 0) is 13.1 Å². The molecule has 0 radical (unpaired) electrons. The smallest absolute Gasteiger partial charge is 0.146 e. The van der Waals surface area contributed by atoms with E-state index in [2.05, 4.69) is 46.9 Å². The van der Waals surface area contributed by atoms with Crippen molar-refractivity contribution in [1.82, 2.24) is 20.1 Å². The van der Waals surface area contributed by atoms with E-state index in [-0.39, 0.29) is 0 Å². The molecule has 1 heterocycles. The third kappa shape index (κ3) is 2.99. The fourth-order valence-corrected chi connectivity index (χ4v) is 2.76. The lowest BCUT2D eigenvalue weighted by Crippen LogP contribution is -2.30. The van der Waals surface area contributed by atoms with Crippen LogP contribution in [0.2, 0.25) is 0 Å². The summed E-state index contributed by atoms with van der Waals surface area (Å²) in [6.07, 6.45) is 6.74. The van der Waals surface area contributed by atoms with Crippen molar-refractivity contribution < 1.29 is 0 Å². The van der Waals surface area contributed by atoms with E-state index in [1.807, 2.05) is 0 Å². The maximum atomic E-state index is 4.14. The Hall–Kier alpha value is -1.16. The van der Waals surface area contributed by atoms with Gasteiger partial charge < -0.3 is 9.88 Å². The van der Waals surface area contributed by atoms with Crippen molar-refractivity contribution in [2.24, 2.45) is 11.8 Å². The molecule has 0 amide bonds. The molecular formula is C14H24N4. The molecule has 1 aromatic heterocycles. The highest BCUT2D eigenvalue weighted by Crippen LogP contribution is 2.29. The van der Waals surface area contributed by atoms with Crippen molar-refractivity contribution in [2.75, 3.05) is 6.54 Å². The van der Waals surface area contributed by atoms with E-state index in [1.54, 1.807) is 11.9 Å². The van der Waals surface area contributed by atoms with Crippen LogP contribution in [0.4, 0.5) is 0 Å². The zero-order chi connectivity index (χ0) is 13.0. The largest absolute Gasteiger partial charge is 0.317 e. The third-order valence-electron chi connectivity index (χ3n) is 4.04. The van der Waals surface area contributed by atoms with Crippen LogP contribution in [0.5, 0.6) is 0 Å². The molecule has 2 atom stereocenters. The lowest BCUT2D eigenvalue weighted by atomic mass is 9.80. The van der Waals surface area contributed by atoms with Gasteiger partial charge in [0.1, 0.15) is 12.2 Å². The normalized spacial score (nSPS) is 24.1. The van der Waals surface area contributed by atoms with Crippen LogP contribution in [0.25, 0.3) is 0 Å². The number of aryl methyl sites for hydroxylation is 1. The van der Waals surface area contributed by atoms with Gasteiger partial charge in [-0.15, -0.1) is 10.2 Å². The van der Waals surface area contributed by atoms with Crippen LogP contribution in [0.1, 0.15) is 39.4 Å². The first kappa shape index (κ1) is 13.3. The van der Waals surface area contributed by atoms with Gasteiger partial charge in [0.25, 0.3) is 0 Å². The van der Waals surface area contributed by atoms with Crippen molar-refractivity contribution in [3.8, 4) is 0 Å². The van der Waals surface area contributed by atoms with Crippen molar-refractivity contribution in [2.45, 2.75) is 46.7 Å². The van der Waals surface area contributed by atoms with Gasteiger partial charge in [0.15, 0.2) is 0 Å². The van der Waals surface area contributed by atoms with E-state index in [0.29, 0.717) is 5.92 Å². The number of rotatable bonds is 5. The molecule has 4 heteroatoms. The first-order valence-electron chi connectivity index (χ1n) is 6.96. The molecule has 0 saturated carbocycles. The molecule has 1 aliphatic carbocycles. The van der Waals surface area contributed by atoms with Crippen LogP contribution in [-0.4, -0.2) is 21.3 Å². The summed E-state index contributed by atoms with van der Waals surface area (Å²) in [6, 6.07) is 0. The molecule has 1 aliphatic rings. The summed E-state index contributed by atoms with van der Waals surface area (Å²) < 4.78 is 2.08. The first-order valence-corrected chi connectivity index (χ1v) is 6.96. The summed E-state index contributed by atoms with van der Waals surface area (Å²) in [5.41, 5.74) is 1.54. The Morgan fingerprint density at radius 1 is 1.50 bits per heavy atom. The first-order chi connectivity index (χ1) is 8.72. The Morgan fingerprint density at radius 3 is 3.06 bits per heavy atom. The van der Waals surface area contributed by atoms with Crippen LogP contribution >= 0.6 is 0 Å². The Labute approximate surface area is 109 Å². The third-order valence-corrected chi connectivity index (χ3v) is 4.04. The van der Waals surface area contributed by atoms with Gasteiger partial charge in [0, 0.05) is 13.1 Å². The summed E-state index contributed by atoms with van der Waals surface area (Å²) in [6.45, 7) is 9.52. The fraction of sp³-hybridized carbons (Fsp3) is 0.714. The van der Waals surface area contributed by atoms with E-state index in [1.165, 1.54) is 12.8 Å². The molecule has 0 unspecified atom stereocenters. The Bertz CT molecular complexity index is 408. The maximum Gasteiger partial charge on any atom is 0.146 e. The van der Waals surface area contributed by atoms with Gasteiger partial charge in [-0.3, -0.25) is 0 Å². The lowest BCUT2D eigenvalue weighted by molar-refractivity contribution is 0.348. The van der Waals surface area contributed by atoms with Crippen LogP contribution < -0.4 is 5.32 Å². The summed E-state index contributed by atoms with van der Waals surface area (Å²) >= 11 is 0. The molecule has 1 aromatic rings. The Kier molecular flexibility index (Phi) is 4.53. The van der Waals surface area contributed by atoms with Crippen LogP contribution in [0.3, 0.4) is 0 Å². The summed E-state index contributed by atoms with van der Waals surface area (Å²) in [4.78, 5) is 0. The Morgan fingerprint density at radius 2 is 2.33 bits per heavy atom. The maximum absolute atomic E-state index is 4.14. The molecule has 1 N–H and O–H groups in total. The minimum absolute atomic E-state index is 0.678. The van der Waals surface area contributed by atoms with E-state index >= 15 is 0 Å². The minimum atomic E-state index is 0.678. The second-order valence-corrected chi connectivity index (χ2v) is 5.27. The summed E-state index contributed by atoms with van der Waals surface area (Å²) in [5, 5.41) is 11.6.